The fourth-order valence-electron chi connectivity index (χ4n) is 2.03. The van der Waals surface area contributed by atoms with E-state index in [9.17, 15) is 18.0 Å². The van der Waals surface area contributed by atoms with E-state index in [2.05, 4.69) is 5.92 Å². The second-order valence-electron chi connectivity index (χ2n) is 4.88. The number of halogens is 3. The van der Waals surface area contributed by atoms with Gasteiger partial charge in [0.05, 0.1) is 17.7 Å². The van der Waals surface area contributed by atoms with Crippen molar-refractivity contribution in [1.82, 2.24) is 4.90 Å². The van der Waals surface area contributed by atoms with Crippen molar-refractivity contribution in [3.05, 3.63) is 35.4 Å². The standard InChI is InChI=1S/C15H14F3NO/c1-2-9-19(10-11-7-8-11)14(20)12-5-3-4-6-13(12)15(16,17)18/h1,3-6,11H,7-10H2. The Balaban J connectivity index is 2.29. The molecule has 1 saturated carbocycles. The Bertz CT molecular complexity index is 541. The second-order valence-corrected chi connectivity index (χ2v) is 4.88. The topological polar surface area (TPSA) is 20.3 Å². The normalized spacial score (nSPS) is 14.7. The average molecular weight is 281 g/mol. The van der Waals surface area contributed by atoms with Crippen LogP contribution in [0.4, 0.5) is 13.2 Å². The van der Waals surface area contributed by atoms with Crippen molar-refractivity contribution in [3.63, 3.8) is 0 Å². The van der Waals surface area contributed by atoms with Gasteiger partial charge in [0.2, 0.25) is 0 Å². The molecule has 0 aromatic heterocycles. The molecule has 106 valence electrons. The fourth-order valence-corrected chi connectivity index (χ4v) is 2.03. The van der Waals surface area contributed by atoms with E-state index in [4.69, 9.17) is 6.42 Å². The molecule has 0 spiro atoms. The van der Waals surface area contributed by atoms with Gasteiger partial charge in [0.15, 0.2) is 0 Å². The molecule has 0 N–H and O–H groups in total. The van der Waals surface area contributed by atoms with E-state index in [-0.39, 0.29) is 12.1 Å². The van der Waals surface area contributed by atoms with Gasteiger partial charge < -0.3 is 4.90 Å². The van der Waals surface area contributed by atoms with E-state index in [1.54, 1.807) is 0 Å². The van der Waals surface area contributed by atoms with Crippen LogP contribution in [0, 0.1) is 18.3 Å². The fraction of sp³-hybridized carbons (Fsp3) is 0.400. The van der Waals surface area contributed by atoms with Gasteiger partial charge in [-0.1, -0.05) is 18.1 Å². The van der Waals surface area contributed by atoms with Crippen LogP contribution in [0.2, 0.25) is 0 Å². The highest BCUT2D eigenvalue weighted by molar-refractivity contribution is 5.96. The third kappa shape index (κ3) is 3.32. The van der Waals surface area contributed by atoms with Crippen LogP contribution < -0.4 is 0 Å². The third-order valence-electron chi connectivity index (χ3n) is 3.21. The Labute approximate surface area is 115 Å². The minimum absolute atomic E-state index is 0.0293. The second kappa shape index (κ2) is 5.58. The van der Waals surface area contributed by atoms with Crippen LogP contribution in [-0.2, 0) is 6.18 Å². The Morgan fingerprint density at radius 2 is 2.00 bits per heavy atom. The lowest BCUT2D eigenvalue weighted by Gasteiger charge is -2.22. The Morgan fingerprint density at radius 1 is 1.35 bits per heavy atom. The van der Waals surface area contributed by atoms with Gasteiger partial charge in [-0.25, -0.2) is 0 Å². The van der Waals surface area contributed by atoms with Crippen molar-refractivity contribution < 1.29 is 18.0 Å². The molecule has 0 atom stereocenters. The average Bonchev–Trinajstić information content (AvgIpc) is 3.20. The minimum Gasteiger partial charge on any atom is -0.327 e. The summed E-state index contributed by atoms with van der Waals surface area (Å²) >= 11 is 0. The van der Waals surface area contributed by atoms with Crippen molar-refractivity contribution in [2.24, 2.45) is 5.92 Å². The lowest BCUT2D eigenvalue weighted by atomic mass is 10.1. The molecular formula is C15H14F3NO. The minimum atomic E-state index is -4.55. The zero-order valence-electron chi connectivity index (χ0n) is 10.8. The maximum absolute atomic E-state index is 12.9. The van der Waals surface area contributed by atoms with E-state index < -0.39 is 17.6 Å². The van der Waals surface area contributed by atoms with Crippen LogP contribution in [0.25, 0.3) is 0 Å². The van der Waals surface area contributed by atoms with Crippen LogP contribution >= 0.6 is 0 Å². The van der Waals surface area contributed by atoms with E-state index in [1.807, 2.05) is 0 Å². The maximum Gasteiger partial charge on any atom is 0.417 e. The number of amides is 1. The first-order valence-corrected chi connectivity index (χ1v) is 6.32. The molecule has 2 rings (SSSR count). The van der Waals surface area contributed by atoms with Gasteiger partial charge in [0, 0.05) is 6.54 Å². The molecule has 0 saturated heterocycles. The Hall–Kier alpha value is -1.96. The molecule has 2 nitrogen and oxygen atoms in total. The smallest absolute Gasteiger partial charge is 0.327 e. The van der Waals surface area contributed by atoms with Crippen molar-refractivity contribution in [2.45, 2.75) is 19.0 Å². The zero-order valence-corrected chi connectivity index (χ0v) is 10.8. The number of benzene rings is 1. The van der Waals surface area contributed by atoms with E-state index in [0.29, 0.717) is 12.5 Å². The molecular weight excluding hydrogens is 267 g/mol. The highest BCUT2D eigenvalue weighted by Gasteiger charge is 2.36. The van der Waals surface area contributed by atoms with Crippen LogP contribution in [0.3, 0.4) is 0 Å². The summed E-state index contributed by atoms with van der Waals surface area (Å²) in [5, 5.41) is 0. The van der Waals surface area contributed by atoms with Crippen LogP contribution in [0.1, 0.15) is 28.8 Å². The van der Waals surface area contributed by atoms with Gasteiger partial charge in [-0.3, -0.25) is 4.79 Å². The summed E-state index contributed by atoms with van der Waals surface area (Å²) in [4.78, 5) is 13.6. The highest BCUT2D eigenvalue weighted by Crippen LogP contribution is 2.34. The van der Waals surface area contributed by atoms with E-state index in [0.717, 1.165) is 18.9 Å². The first-order chi connectivity index (χ1) is 9.43. The predicted molar refractivity (Wildman–Crippen MR) is 68.9 cm³/mol. The number of nitrogens with zero attached hydrogens (tertiary/aromatic N) is 1. The largest absolute Gasteiger partial charge is 0.417 e. The summed E-state index contributed by atoms with van der Waals surface area (Å²) in [6.07, 6.45) is 2.64. The molecule has 0 bridgehead atoms. The first kappa shape index (κ1) is 14.4. The maximum atomic E-state index is 12.9. The quantitative estimate of drug-likeness (QED) is 0.776. The summed E-state index contributed by atoms with van der Waals surface area (Å²) in [7, 11) is 0. The molecule has 0 aliphatic heterocycles. The van der Waals surface area contributed by atoms with Gasteiger partial charge in [-0.15, -0.1) is 6.42 Å². The monoisotopic (exact) mass is 281 g/mol. The molecule has 5 heteroatoms. The zero-order chi connectivity index (χ0) is 14.8. The van der Waals surface area contributed by atoms with Crippen molar-refractivity contribution in [3.8, 4) is 12.3 Å². The molecule has 0 radical (unpaired) electrons. The van der Waals surface area contributed by atoms with Crippen molar-refractivity contribution >= 4 is 5.91 Å². The lowest BCUT2D eigenvalue weighted by molar-refractivity contribution is -0.138. The number of rotatable bonds is 4. The van der Waals surface area contributed by atoms with E-state index in [1.165, 1.54) is 23.1 Å². The van der Waals surface area contributed by atoms with Gasteiger partial charge in [-0.2, -0.15) is 13.2 Å². The SMILES string of the molecule is C#CCN(CC1CC1)C(=O)c1ccccc1C(F)(F)F. The third-order valence-corrected chi connectivity index (χ3v) is 3.21. The molecule has 0 unspecified atom stereocenters. The Morgan fingerprint density at radius 3 is 2.55 bits per heavy atom. The summed E-state index contributed by atoms with van der Waals surface area (Å²) in [6, 6.07) is 4.81. The van der Waals surface area contributed by atoms with Gasteiger partial charge >= 0.3 is 6.18 Å². The van der Waals surface area contributed by atoms with Gasteiger partial charge in [-0.05, 0) is 30.9 Å². The van der Waals surface area contributed by atoms with Crippen LogP contribution in [-0.4, -0.2) is 23.9 Å². The van der Waals surface area contributed by atoms with Gasteiger partial charge in [0.1, 0.15) is 0 Å². The summed E-state index contributed by atoms with van der Waals surface area (Å²) < 4.78 is 38.8. The highest BCUT2D eigenvalue weighted by atomic mass is 19.4. The molecule has 1 aromatic carbocycles. The number of hydrogen-bond donors (Lipinski definition) is 0. The van der Waals surface area contributed by atoms with Crippen LogP contribution in [0.5, 0.6) is 0 Å². The number of alkyl halides is 3. The molecule has 1 aliphatic rings. The van der Waals surface area contributed by atoms with Crippen molar-refractivity contribution in [2.75, 3.05) is 13.1 Å². The number of hydrogen-bond acceptors (Lipinski definition) is 1. The van der Waals surface area contributed by atoms with Crippen LogP contribution in [0.15, 0.2) is 24.3 Å². The number of carbonyl (C=O) groups is 1. The molecule has 1 fully saturated rings. The Kier molecular flexibility index (Phi) is 4.03. The molecule has 20 heavy (non-hydrogen) atoms. The first-order valence-electron chi connectivity index (χ1n) is 6.32. The summed E-state index contributed by atoms with van der Waals surface area (Å²) in [5.41, 5.74) is -1.25. The van der Waals surface area contributed by atoms with Crippen molar-refractivity contribution in [1.29, 1.82) is 0 Å². The molecule has 1 aromatic rings. The predicted octanol–water partition coefficient (Wildman–Crippen LogP) is 3.19. The number of terminal acetylenes is 1. The summed E-state index contributed by atoms with van der Waals surface area (Å²) in [6.45, 7) is 0.455. The lowest BCUT2D eigenvalue weighted by Crippen LogP contribution is -2.34. The molecule has 1 amide bonds. The molecule has 0 heterocycles. The molecule has 1 aliphatic carbocycles. The summed E-state index contributed by atoms with van der Waals surface area (Å²) in [5.74, 6) is 2.05. The van der Waals surface area contributed by atoms with E-state index >= 15 is 0 Å². The van der Waals surface area contributed by atoms with Gasteiger partial charge in [0.25, 0.3) is 5.91 Å². The number of carbonyl (C=O) groups excluding carboxylic acids is 1.